The Bertz CT molecular complexity index is 1810. The first-order chi connectivity index (χ1) is 28.0. The normalized spacial score (nSPS) is 23.5. The van der Waals surface area contributed by atoms with Crippen LogP contribution in [0.1, 0.15) is 49.8 Å². The van der Waals surface area contributed by atoms with E-state index in [1.807, 2.05) is 34.9 Å². The Hall–Kier alpha value is -3.69. The molecule has 5 saturated heterocycles. The van der Waals surface area contributed by atoms with Crippen LogP contribution in [0.25, 0.3) is 0 Å². The molecule has 0 aliphatic carbocycles. The first kappa shape index (κ1) is 43.9. The van der Waals surface area contributed by atoms with E-state index in [4.69, 9.17) is 4.18 Å². The molecular formula is C45H65N7O5S. The van der Waals surface area contributed by atoms with Gasteiger partial charge in [0.05, 0.1) is 11.0 Å². The third kappa shape index (κ3) is 13.2. The van der Waals surface area contributed by atoms with Crippen molar-refractivity contribution in [1.29, 1.82) is 0 Å². The number of carbonyl (C=O) groups is 2. The molecule has 5 aliphatic rings. The Balaban J connectivity index is 0.000000151. The number of rotatable bonds is 9. The van der Waals surface area contributed by atoms with E-state index in [-0.39, 0.29) is 22.8 Å². The van der Waals surface area contributed by atoms with Gasteiger partial charge in [-0.15, -0.1) is 0 Å². The molecule has 5 aliphatic heterocycles. The number of carbonyl (C=O) groups excluding carboxylic acids is 2. The fraction of sp³-hybridized carbons (Fsp3) is 0.556. The van der Waals surface area contributed by atoms with Crippen LogP contribution in [-0.4, -0.2) is 159 Å². The van der Waals surface area contributed by atoms with Crippen molar-refractivity contribution in [2.75, 3.05) is 91.6 Å². The van der Waals surface area contributed by atoms with E-state index in [2.05, 4.69) is 67.4 Å². The summed E-state index contributed by atoms with van der Waals surface area (Å²) in [4.78, 5) is 36.5. The molecule has 3 unspecified atom stereocenters. The molecule has 2 amide bonds. The van der Waals surface area contributed by atoms with Crippen LogP contribution < -0.4 is 5.32 Å². The third-order valence-corrected chi connectivity index (χ3v) is 13.5. The maximum Gasteiger partial charge on any atom is 0.297 e. The first-order valence-electron chi connectivity index (χ1n) is 21.2. The zero-order valence-electron chi connectivity index (χ0n) is 34.9. The van der Waals surface area contributed by atoms with E-state index in [1.54, 1.807) is 38.1 Å². The highest BCUT2D eigenvalue weighted by Crippen LogP contribution is 2.22. The summed E-state index contributed by atoms with van der Waals surface area (Å²) in [5.41, 5.74) is 3.66. The Kier molecular flexibility index (Phi) is 16.3. The number of aryl methyl sites for hydroxylation is 1. The van der Waals surface area contributed by atoms with Gasteiger partial charge < -0.3 is 15.1 Å². The van der Waals surface area contributed by atoms with Crippen LogP contribution in [0, 0.1) is 6.92 Å². The van der Waals surface area contributed by atoms with Gasteiger partial charge in [0.15, 0.2) is 0 Å². The molecule has 3 aromatic rings. The van der Waals surface area contributed by atoms with Crippen LogP contribution in [0.2, 0.25) is 0 Å². The SMILES string of the molecule is CC(=O)N1CCN(C2CCN(Cc3ccccc3)C2)CC1.CC(=O)N1CCN(C2CCNC2)CC1.Cc1ccc(S(=O)(=O)OC2CCN(Cc3ccccc3)C2)cc1. The van der Waals surface area contributed by atoms with E-state index in [0.717, 1.165) is 104 Å². The van der Waals surface area contributed by atoms with Crippen molar-refractivity contribution < 1.29 is 22.2 Å². The molecule has 58 heavy (non-hydrogen) atoms. The summed E-state index contributed by atoms with van der Waals surface area (Å²) in [7, 11) is -3.68. The zero-order valence-corrected chi connectivity index (χ0v) is 35.7. The highest BCUT2D eigenvalue weighted by Gasteiger charge is 2.31. The fourth-order valence-electron chi connectivity index (χ4n) is 8.65. The monoisotopic (exact) mass is 815 g/mol. The van der Waals surface area contributed by atoms with Crippen LogP contribution >= 0.6 is 0 Å². The fourth-order valence-corrected chi connectivity index (χ4v) is 9.75. The molecule has 3 atom stereocenters. The molecular weight excluding hydrogens is 751 g/mol. The number of benzene rings is 3. The highest BCUT2D eigenvalue weighted by atomic mass is 32.2. The summed E-state index contributed by atoms with van der Waals surface area (Å²) in [6.07, 6.45) is 2.98. The summed E-state index contributed by atoms with van der Waals surface area (Å²) < 4.78 is 30.1. The summed E-state index contributed by atoms with van der Waals surface area (Å²) in [5.74, 6) is 0.431. The van der Waals surface area contributed by atoms with Gasteiger partial charge in [-0.25, -0.2) is 0 Å². The van der Waals surface area contributed by atoms with Gasteiger partial charge in [0.25, 0.3) is 10.1 Å². The number of piperazine rings is 2. The molecule has 5 heterocycles. The van der Waals surface area contributed by atoms with Gasteiger partial charge in [-0.2, -0.15) is 8.42 Å². The second-order valence-electron chi connectivity index (χ2n) is 16.4. The van der Waals surface area contributed by atoms with Gasteiger partial charge in [-0.1, -0.05) is 78.4 Å². The molecule has 0 saturated carbocycles. The van der Waals surface area contributed by atoms with Gasteiger partial charge in [0.2, 0.25) is 11.8 Å². The lowest BCUT2D eigenvalue weighted by Gasteiger charge is -2.37. The lowest BCUT2D eigenvalue weighted by Crippen LogP contribution is -2.52. The first-order valence-corrected chi connectivity index (χ1v) is 22.7. The number of likely N-dealkylation sites (tertiary alicyclic amines) is 2. The van der Waals surface area contributed by atoms with Gasteiger partial charge >= 0.3 is 0 Å². The van der Waals surface area contributed by atoms with E-state index >= 15 is 0 Å². The van der Waals surface area contributed by atoms with Crippen molar-refractivity contribution in [3.63, 3.8) is 0 Å². The second-order valence-corrected chi connectivity index (χ2v) is 18.0. The number of amides is 2. The van der Waals surface area contributed by atoms with Crippen molar-refractivity contribution >= 4 is 21.9 Å². The Morgan fingerprint density at radius 1 is 0.621 bits per heavy atom. The molecule has 5 fully saturated rings. The summed E-state index contributed by atoms with van der Waals surface area (Å²) in [6, 6.07) is 29.1. The zero-order chi connectivity index (χ0) is 40.9. The van der Waals surface area contributed by atoms with Crippen LogP contribution in [0.5, 0.6) is 0 Å². The standard InChI is InChI=1S/C18H21NO3S.C17H25N3O.C10H19N3O/c1-15-7-9-18(10-8-15)23(20,21)22-17-11-12-19(14-17)13-16-5-3-2-4-6-16;1-15(21)19-9-11-20(12-10-19)17-7-8-18(14-17)13-16-5-3-2-4-6-16;1-9(14)12-4-6-13(7-5-12)10-2-3-11-8-10/h2-10,17H,11-14H2,1H3;2-6,17H,7-14H2,1H3;10-11H,2-8H2,1H3. The molecule has 12 nitrogen and oxygen atoms in total. The summed E-state index contributed by atoms with van der Waals surface area (Å²) >= 11 is 0. The van der Waals surface area contributed by atoms with E-state index < -0.39 is 10.1 Å². The predicted octanol–water partition coefficient (Wildman–Crippen LogP) is 3.91. The van der Waals surface area contributed by atoms with Crippen LogP contribution in [0.4, 0.5) is 0 Å². The van der Waals surface area contributed by atoms with Gasteiger partial charge in [-0.05, 0) is 56.0 Å². The van der Waals surface area contributed by atoms with E-state index in [0.29, 0.717) is 18.6 Å². The molecule has 13 heteroatoms. The molecule has 0 radical (unpaired) electrons. The minimum atomic E-state index is -3.68. The Labute approximate surface area is 347 Å². The molecule has 0 spiro atoms. The average molecular weight is 816 g/mol. The number of nitrogens with one attached hydrogen (secondary N) is 1. The Morgan fingerprint density at radius 2 is 1.12 bits per heavy atom. The topological polar surface area (TPSA) is 109 Å². The van der Waals surface area contributed by atoms with E-state index in [9.17, 15) is 18.0 Å². The minimum Gasteiger partial charge on any atom is -0.340 e. The molecule has 0 bridgehead atoms. The van der Waals surface area contributed by atoms with Crippen molar-refractivity contribution in [2.45, 2.75) is 76.2 Å². The van der Waals surface area contributed by atoms with Gasteiger partial charge in [0, 0.05) is 124 Å². The van der Waals surface area contributed by atoms with Crippen molar-refractivity contribution in [1.82, 2.24) is 34.7 Å². The van der Waals surface area contributed by atoms with Crippen molar-refractivity contribution in [2.24, 2.45) is 0 Å². The minimum absolute atomic E-state index is 0.215. The maximum atomic E-state index is 12.3. The second kappa shape index (κ2) is 21.5. The molecule has 3 aromatic carbocycles. The van der Waals surface area contributed by atoms with E-state index in [1.165, 1.54) is 30.5 Å². The lowest BCUT2D eigenvalue weighted by atomic mass is 10.2. The molecule has 0 aromatic heterocycles. The predicted molar refractivity (Wildman–Crippen MR) is 229 cm³/mol. The third-order valence-electron chi connectivity index (χ3n) is 12.1. The number of hydrogen-bond acceptors (Lipinski definition) is 10. The largest absolute Gasteiger partial charge is 0.340 e. The van der Waals surface area contributed by atoms with Gasteiger partial charge in [-0.3, -0.25) is 33.4 Å². The highest BCUT2D eigenvalue weighted by molar-refractivity contribution is 7.86. The molecule has 8 rings (SSSR count). The van der Waals surface area contributed by atoms with Crippen LogP contribution in [0.3, 0.4) is 0 Å². The number of nitrogens with zero attached hydrogens (tertiary/aromatic N) is 6. The average Bonchev–Trinajstić information content (AvgIpc) is 4.03. The Morgan fingerprint density at radius 3 is 1.62 bits per heavy atom. The number of hydrogen-bond donors (Lipinski definition) is 1. The van der Waals surface area contributed by atoms with Crippen molar-refractivity contribution in [3.05, 3.63) is 102 Å². The summed E-state index contributed by atoms with van der Waals surface area (Å²) in [5, 5.41) is 3.38. The summed E-state index contributed by atoms with van der Waals surface area (Å²) in [6.45, 7) is 21.0. The quantitative estimate of drug-likeness (QED) is 0.320. The maximum absolute atomic E-state index is 12.3. The molecule has 1 N–H and O–H groups in total. The van der Waals surface area contributed by atoms with Crippen LogP contribution in [0.15, 0.2) is 89.8 Å². The van der Waals surface area contributed by atoms with Gasteiger partial charge in [0.1, 0.15) is 0 Å². The molecule has 316 valence electrons. The van der Waals surface area contributed by atoms with Crippen LogP contribution in [-0.2, 0) is 37.0 Å². The smallest absolute Gasteiger partial charge is 0.297 e. The van der Waals surface area contributed by atoms with Crippen molar-refractivity contribution in [3.8, 4) is 0 Å². The lowest BCUT2D eigenvalue weighted by molar-refractivity contribution is -0.131.